The molecule has 1 rings (SSSR count). The molecule has 18 heavy (non-hydrogen) atoms. The number of hydrogen-bond acceptors (Lipinski definition) is 3. The van der Waals surface area contributed by atoms with Crippen molar-refractivity contribution >= 4 is 5.97 Å². The first-order valence-electron chi connectivity index (χ1n) is 7.49. The molecule has 1 unspecified atom stereocenters. The first-order valence-corrected chi connectivity index (χ1v) is 7.49. The van der Waals surface area contributed by atoms with Gasteiger partial charge in [-0.1, -0.05) is 26.7 Å². The number of carbonyl (C=O) groups is 1. The van der Waals surface area contributed by atoms with Crippen molar-refractivity contribution in [1.82, 2.24) is 0 Å². The lowest BCUT2D eigenvalue weighted by atomic mass is 9.88. The number of nitrogens with two attached hydrogens (primary N) is 1. The van der Waals surface area contributed by atoms with E-state index in [0.717, 1.165) is 12.8 Å². The van der Waals surface area contributed by atoms with Crippen LogP contribution in [-0.4, -0.2) is 19.1 Å². The molecule has 106 valence electrons. The number of rotatable bonds is 8. The highest BCUT2D eigenvalue weighted by Gasteiger charge is 2.18. The Bertz CT molecular complexity index is 235. The van der Waals surface area contributed by atoms with Crippen LogP contribution in [0.15, 0.2) is 0 Å². The number of esters is 1. The molecule has 1 fully saturated rings. The van der Waals surface area contributed by atoms with Gasteiger partial charge in [-0.15, -0.1) is 0 Å². The summed E-state index contributed by atoms with van der Waals surface area (Å²) < 4.78 is 5.36. The Morgan fingerprint density at radius 2 is 1.94 bits per heavy atom. The molecule has 0 aromatic heterocycles. The van der Waals surface area contributed by atoms with Gasteiger partial charge in [-0.2, -0.15) is 0 Å². The van der Waals surface area contributed by atoms with Crippen molar-refractivity contribution in [2.24, 2.45) is 23.5 Å². The Morgan fingerprint density at radius 3 is 2.50 bits per heavy atom. The average molecular weight is 255 g/mol. The van der Waals surface area contributed by atoms with Gasteiger partial charge in [0.25, 0.3) is 0 Å². The second-order valence-corrected chi connectivity index (χ2v) is 5.95. The van der Waals surface area contributed by atoms with E-state index in [1.54, 1.807) is 0 Å². The first kappa shape index (κ1) is 15.5. The summed E-state index contributed by atoms with van der Waals surface area (Å²) in [4.78, 5) is 11.7. The zero-order chi connectivity index (χ0) is 13.4. The molecule has 1 saturated carbocycles. The van der Waals surface area contributed by atoms with Gasteiger partial charge < -0.3 is 10.5 Å². The summed E-state index contributed by atoms with van der Waals surface area (Å²) in [5, 5.41) is 0. The summed E-state index contributed by atoms with van der Waals surface area (Å²) >= 11 is 0. The van der Waals surface area contributed by atoms with E-state index >= 15 is 0 Å². The minimum absolute atomic E-state index is 0.0235. The summed E-state index contributed by atoms with van der Waals surface area (Å²) in [7, 11) is 0. The van der Waals surface area contributed by atoms with E-state index in [4.69, 9.17) is 10.5 Å². The Balaban J connectivity index is 2.14. The van der Waals surface area contributed by atoms with E-state index in [1.165, 1.54) is 25.7 Å². The number of ether oxygens (including phenoxy) is 1. The Labute approximate surface area is 111 Å². The maximum Gasteiger partial charge on any atom is 0.305 e. The number of carbonyl (C=O) groups excluding carboxylic acids is 1. The fourth-order valence-corrected chi connectivity index (χ4v) is 2.79. The van der Waals surface area contributed by atoms with E-state index in [1.807, 2.05) is 0 Å². The van der Waals surface area contributed by atoms with Gasteiger partial charge in [-0.05, 0) is 50.0 Å². The molecule has 3 heteroatoms. The van der Waals surface area contributed by atoms with Gasteiger partial charge in [0.2, 0.25) is 0 Å². The van der Waals surface area contributed by atoms with Crippen molar-refractivity contribution in [2.75, 3.05) is 13.2 Å². The summed E-state index contributed by atoms with van der Waals surface area (Å²) in [5.41, 5.74) is 5.60. The molecule has 2 N–H and O–H groups in total. The molecule has 0 saturated heterocycles. The van der Waals surface area contributed by atoms with Crippen molar-refractivity contribution in [3.8, 4) is 0 Å². The zero-order valence-electron chi connectivity index (χ0n) is 12.0. The lowest BCUT2D eigenvalue weighted by Crippen LogP contribution is -2.17. The van der Waals surface area contributed by atoms with Crippen molar-refractivity contribution in [1.29, 1.82) is 0 Å². The predicted octanol–water partition coefficient (Wildman–Crippen LogP) is 3.12. The monoisotopic (exact) mass is 255 g/mol. The molecule has 0 spiro atoms. The quantitative estimate of drug-likeness (QED) is 0.678. The molecule has 0 bridgehead atoms. The zero-order valence-corrected chi connectivity index (χ0v) is 12.0. The predicted molar refractivity (Wildman–Crippen MR) is 74.2 cm³/mol. The Hall–Kier alpha value is -0.570. The van der Waals surface area contributed by atoms with Gasteiger partial charge in [-0.3, -0.25) is 4.79 Å². The summed E-state index contributed by atoms with van der Waals surface area (Å²) in [6, 6.07) is 0. The highest BCUT2D eigenvalue weighted by atomic mass is 16.5. The minimum atomic E-state index is -0.0235. The summed E-state index contributed by atoms with van der Waals surface area (Å²) in [6.45, 7) is 5.75. The molecule has 0 heterocycles. The van der Waals surface area contributed by atoms with Crippen LogP contribution >= 0.6 is 0 Å². The smallest absolute Gasteiger partial charge is 0.305 e. The average Bonchev–Trinajstić information content (AvgIpc) is 2.84. The van der Waals surface area contributed by atoms with Gasteiger partial charge in [-0.25, -0.2) is 0 Å². The van der Waals surface area contributed by atoms with Crippen molar-refractivity contribution in [3.05, 3.63) is 0 Å². The maximum absolute atomic E-state index is 11.7. The molecule has 1 aliphatic carbocycles. The van der Waals surface area contributed by atoms with Crippen LogP contribution in [0.1, 0.15) is 58.8 Å². The summed E-state index contributed by atoms with van der Waals surface area (Å²) in [5.74, 6) is 1.74. The molecule has 1 atom stereocenters. The maximum atomic E-state index is 11.7. The largest absolute Gasteiger partial charge is 0.465 e. The molecule has 0 radical (unpaired) electrons. The van der Waals surface area contributed by atoms with Crippen molar-refractivity contribution in [2.45, 2.75) is 58.8 Å². The normalized spacial score (nSPS) is 18.2. The molecule has 0 aromatic rings. The third kappa shape index (κ3) is 5.85. The lowest BCUT2D eigenvalue weighted by Gasteiger charge is -2.19. The van der Waals surface area contributed by atoms with E-state index in [0.29, 0.717) is 37.3 Å². The van der Waals surface area contributed by atoms with Crippen LogP contribution < -0.4 is 5.73 Å². The fourth-order valence-electron chi connectivity index (χ4n) is 2.79. The van der Waals surface area contributed by atoms with E-state index in [-0.39, 0.29) is 5.97 Å². The van der Waals surface area contributed by atoms with Crippen LogP contribution in [0.4, 0.5) is 0 Å². The fraction of sp³-hybridized carbons (Fsp3) is 0.933. The molecule has 0 aromatic carbocycles. The molecular formula is C15H29NO2. The van der Waals surface area contributed by atoms with Crippen molar-refractivity contribution < 1.29 is 9.53 Å². The van der Waals surface area contributed by atoms with Crippen LogP contribution in [0.3, 0.4) is 0 Å². The van der Waals surface area contributed by atoms with Crippen LogP contribution in [-0.2, 0) is 9.53 Å². The van der Waals surface area contributed by atoms with Gasteiger partial charge in [0, 0.05) is 6.42 Å². The van der Waals surface area contributed by atoms with Crippen LogP contribution in [0.2, 0.25) is 0 Å². The molecule has 0 amide bonds. The minimum Gasteiger partial charge on any atom is -0.465 e. The SMILES string of the molecule is CC(C)C(CCN)CCC(=O)OCC1CCCC1. The topological polar surface area (TPSA) is 52.3 Å². The van der Waals surface area contributed by atoms with Gasteiger partial charge in [0.05, 0.1) is 6.61 Å². The Kier molecular flexibility index (Phi) is 7.33. The molecule has 0 aliphatic heterocycles. The van der Waals surface area contributed by atoms with E-state index < -0.39 is 0 Å². The molecule has 1 aliphatic rings. The highest BCUT2D eigenvalue weighted by Crippen LogP contribution is 2.25. The van der Waals surface area contributed by atoms with Crippen LogP contribution in [0.5, 0.6) is 0 Å². The van der Waals surface area contributed by atoms with Crippen molar-refractivity contribution in [3.63, 3.8) is 0 Å². The van der Waals surface area contributed by atoms with Crippen LogP contribution in [0, 0.1) is 17.8 Å². The molecular weight excluding hydrogens is 226 g/mol. The lowest BCUT2D eigenvalue weighted by molar-refractivity contribution is -0.145. The van der Waals surface area contributed by atoms with Crippen LogP contribution in [0.25, 0.3) is 0 Å². The van der Waals surface area contributed by atoms with Gasteiger partial charge in [0.15, 0.2) is 0 Å². The second kappa shape index (κ2) is 8.52. The summed E-state index contributed by atoms with van der Waals surface area (Å²) in [6.07, 6.45) is 7.54. The van der Waals surface area contributed by atoms with Gasteiger partial charge in [0.1, 0.15) is 0 Å². The third-order valence-corrected chi connectivity index (χ3v) is 4.15. The van der Waals surface area contributed by atoms with E-state index in [9.17, 15) is 4.79 Å². The molecule has 3 nitrogen and oxygen atoms in total. The van der Waals surface area contributed by atoms with Gasteiger partial charge >= 0.3 is 5.97 Å². The number of hydrogen-bond donors (Lipinski definition) is 1. The first-order chi connectivity index (χ1) is 8.63. The third-order valence-electron chi connectivity index (χ3n) is 4.15. The standard InChI is InChI=1S/C15H29NO2/c1-12(2)14(9-10-16)7-8-15(17)18-11-13-5-3-4-6-13/h12-14H,3-11,16H2,1-2H3. The van der Waals surface area contributed by atoms with E-state index in [2.05, 4.69) is 13.8 Å². The Morgan fingerprint density at radius 1 is 1.28 bits per heavy atom. The highest BCUT2D eigenvalue weighted by molar-refractivity contribution is 5.69. The second-order valence-electron chi connectivity index (χ2n) is 5.95.